The van der Waals surface area contributed by atoms with E-state index in [1.54, 1.807) is 19.2 Å². The Kier molecular flexibility index (Phi) is 5.92. The molecular weight excluding hydrogens is 436 g/mol. The Hall–Kier alpha value is -1.84. The van der Waals surface area contributed by atoms with Crippen molar-refractivity contribution in [3.05, 3.63) is 50.9 Å². The summed E-state index contributed by atoms with van der Waals surface area (Å²) >= 11 is 3.47. The molecule has 1 saturated heterocycles. The number of hydrogen-bond donors (Lipinski definition) is 0. The SMILES string of the molecule is COc1cc(Br)c(Cn2cc(S(=O)(=O)N3CCCC3)ccc2=O)cc1OC. The van der Waals surface area contributed by atoms with E-state index in [0.717, 1.165) is 22.9 Å². The summed E-state index contributed by atoms with van der Waals surface area (Å²) in [6.07, 6.45) is 3.12. The lowest BCUT2D eigenvalue weighted by molar-refractivity contribution is 0.354. The summed E-state index contributed by atoms with van der Waals surface area (Å²) in [6, 6.07) is 6.18. The van der Waals surface area contributed by atoms with Crippen LogP contribution >= 0.6 is 15.9 Å². The summed E-state index contributed by atoms with van der Waals surface area (Å²) in [5, 5.41) is 0. The zero-order chi connectivity index (χ0) is 19.6. The minimum absolute atomic E-state index is 0.126. The van der Waals surface area contributed by atoms with Gasteiger partial charge in [0.1, 0.15) is 0 Å². The molecule has 146 valence electrons. The first-order valence-corrected chi connectivity index (χ1v) is 10.7. The van der Waals surface area contributed by atoms with Crippen LogP contribution in [0.15, 0.2) is 44.6 Å². The number of hydrogen-bond acceptors (Lipinski definition) is 5. The zero-order valence-corrected chi connectivity index (χ0v) is 17.5. The lowest BCUT2D eigenvalue weighted by Crippen LogP contribution is -2.29. The Balaban J connectivity index is 1.98. The van der Waals surface area contributed by atoms with Crippen LogP contribution in [0.25, 0.3) is 0 Å². The maximum Gasteiger partial charge on any atom is 0.250 e. The predicted octanol–water partition coefficient (Wildman–Crippen LogP) is 2.46. The highest BCUT2D eigenvalue weighted by Crippen LogP contribution is 2.33. The number of rotatable bonds is 6. The van der Waals surface area contributed by atoms with E-state index in [-0.39, 0.29) is 17.0 Å². The number of sulfonamides is 1. The topological polar surface area (TPSA) is 77.8 Å². The normalized spacial score (nSPS) is 15.1. The van der Waals surface area contributed by atoms with Crippen LogP contribution < -0.4 is 15.0 Å². The van der Waals surface area contributed by atoms with Gasteiger partial charge >= 0.3 is 0 Å². The summed E-state index contributed by atoms with van der Waals surface area (Å²) in [6.45, 7) is 1.23. The number of benzene rings is 1. The van der Waals surface area contributed by atoms with Gasteiger partial charge in [0.25, 0.3) is 5.56 Å². The standard InChI is InChI=1S/C18H21BrN2O5S/c1-25-16-9-13(15(19)10-17(16)26-2)11-20-12-14(5-6-18(20)22)27(23,24)21-7-3-4-8-21/h5-6,9-10,12H,3-4,7-8,11H2,1-2H3. The molecule has 0 aliphatic carbocycles. The van der Waals surface area contributed by atoms with Gasteiger partial charge in [0.05, 0.1) is 25.7 Å². The van der Waals surface area contributed by atoms with E-state index in [0.29, 0.717) is 24.6 Å². The molecule has 0 spiro atoms. The molecule has 1 aliphatic rings. The zero-order valence-electron chi connectivity index (χ0n) is 15.1. The van der Waals surface area contributed by atoms with E-state index in [9.17, 15) is 13.2 Å². The molecule has 0 amide bonds. The summed E-state index contributed by atoms with van der Waals surface area (Å²) in [4.78, 5) is 12.4. The van der Waals surface area contributed by atoms with Crippen molar-refractivity contribution in [2.24, 2.45) is 0 Å². The van der Waals surface area contributed by atoms with Crippen molar-refractivity contribution in [3.63, 3.8) is 0 Å². The van der Waals surface area contributed by atoms with Gasteiger partial charge in [-0.15, -0.1) is 0 Å². The minimum atomic E-state index is -3.59. The quantitative estimate of drug-likeness (QED) is 0.666. The number of halogens is 1. The molecule has 0 radical (unpaired) electrons. The predicted molar refractivity (Wildman–Crippen MR) is 105 cm³/mol. The molecule has 7 nitrogen and oxygen atoms in total. The summed E-state index contributed by atoms with van der Waals surface area (Å²) in [7, 11) is -0.511. The molecule has 0 N–H and O–H groups in total. The third kappa shape index (κ3) is 4.04. The molecule has 0 saturated carbocycles. The van der Waals surface area contributed by atoms with Gasteiger partial charge in [0.15, 0.2) is 11.5 Å². The fraction of sp³-hybridized carbons (Fsp3) is 0.389. The van der Waals surface area contributed by atoms with Crippen molar-refractivity contribution in [2.45, 2.75) is 24.3 Å². The van der Waals surface area contributed by atoms with Gasteiger partial charge in [-0.25, -0.2) is 8.42 Å². The minimum Gasteiger partial charge on any atom is -0.493 e. The molecule has 9 heteroatoms. The molecule has 2 aromatic rings. The van der Waals surface area contributed by atoms with Gasteiger partial charge in [0.2, 0.25) is 10.0 Å². The van der Waals surface area contributed by atoms with Gasteiger partial charge in [0, 0.05) is 29.8 Å². The average molecular weight is 457 g/mol. The molecule has 0 unspecified atom stereocenters. The second-order valence-electron chi connectivity index (χ2n) is 6.24. The van der Waals surface area contributed by atoms with E-state index < -0.39 is 10.0 Å². The molecular formula is C18H21BrN2O5S. The van der Waals surface area contributed by atoms with Gasteiger partial charge in [-0.2, -0.15) is 4.31 Å². The highest BCUT2D eigenvalue weighted by molar-refractivity contribution is 9.10. The number of pyridine rings is 1. The highest BCUT2D eigenvalue weighted by Gasteiger charge is 2.27. The first-order chi connectivity index (χ1) is 12.9. The second kappa shape index (κ2) is 8.04. The molecule has 3 rings (SSSR count). The molecule has 1 aromatic carbocycles. The van der Waals surface area contributed by atoms with Gasteiger partial charge in [-0.05, 0) is 36.6 Å². The van der Waals surface area contributed by atoms with Crippen molar-refractivity contribution in [3.8, 4) is 11.5 Å². The van der Waals surface area contributed by atoms with Crippen LogP contribution in [-0.4, -0.2) is 44.6 Å². The molecule has 1 fully saturated rings. The Morgan fingerprint density at radius 3 is 2.33 bits per heavy atom. The number of ether oxygens (including phenoxy) is 2. The van der Waals surface area contributed by atoms with Gasteiger partial charge < -0.3 is 14.0 Å². The van der Waals surface area contributed by atoms with E-state index >= 15 is 0 Å². The van der Waals surface area contributed by atoms with Crippen molar-refractivity contribution in [2.75, 3.05) is 27.3 Å². The van der Waals surface area contributed by atoms with Crippen molar-refractivity contribution in [1.82, 2.24) is 8.87 Å². The molecule has 2 heterocycles. The average Bonchev–Trinajstić information content (AvgIpc) is 3.20. The molecule has 1 aromatic heterocycles. The summed E-state index contributed by atoms with van der Waals surface area (Å²) in [5.74, 6) is 1.09. The maximum absolute atomic E-state index is 12.8. The third-order valence-corrected chi connectivity index (χ3v) is 7.17. The molecule has 27 heavy (non-hydrogen) atoms. The van der Waals surface area contributed by atoms with Crippen LogP contribution in [0.2, 0.25) is 0 Å². The van der Waals surface area contributed by atoms with Crippen molar-refractivity contribution in [1.29, 1.82) is 0 Å². The van der Waals surface area contributed by atoms with E-state index in [2.05, 4.69) is 15.9 Å². The van der Waals surface area contributed by atoms with Crippen molar-refractivity contribution < 1.29 is 17.9 Å². The van der Waals surface area contributed by atoms with Crippen LogP contribution in [0.3, 0.4) is 0 Å². The summed E-state index contributed by atoms with van der Waals surface area (Å²) < 4.78 is 39.7. The summed E-state index contributed by atoms with van der Waals surface area (Å²) in [5.41, 5.74) is 0.488. The number of aromatic nitrogens is 1. The second-order valence-corrected chi connectivity index (χ2v) is 9.03. The van der Waals surface area contributed by atoms with Crippen LogP contribution in [0.5, 0.6) is 11.5 Å². The van der Waals surface area contributed by atoms with Gasteiger partial charge in [-0.1, -0.05) is 15.9 Å². The lowest BCUT2D eigenvalue weighted by atomic mass is 10.2. The largest absolute Gasteiger partial charge is 0.493 e. The number of nitrogens with zero attached hydrogens (tertiary/aromatic N) is 2. The Morgan fingerprint density at radius 1 is 1.07 bits per heavy atom. The van der Waals surface area contributed by atoms with E-state index in [1.807, 2.05) is 0 Å². The van der Waals surface area contributed by atoms with Crippen molar-refractivity contribution >= 4 is 26.0 Å². The fourth-order valence-electron chi connectivity index (χ4n) is 3.06. The lowest BCUT2D eigenvalue weighted by Gasteiger charge is -2.17. The Bertz CT molecular complexity index is 997. The van der Waals surface area contributed by atoms with Crippen LogP contribution in [-0.2, 0) is 16.6 Å². The molecule has 1 aliphatic heterocycles. The van der Waals surface area contributed by atoms with E-state index in [4.69, 9.17) is 9.47 Å². The van der Waals surface area contributed by atoms with Crippen LogP contribution in [0.4, 0.5) is 0 Å². The monoisotopic (exact) mass is 456 g/mol. The smallest absolute Gasteiger partial charge is 0.250 e. The van der Waals surface area contributed by atoms with Gasteiger partial charge in [-0.3, -0.25) is 4.79 Å². The first kappa shape index (κ1) is 19.9. The Morgan fingerprint density at radius 2 is 1.70 bits per heavy atom. The maximum atomic E-state index is 12.8. The Labute approximate surface area is 166 Å². The highest BCUT2D eigenvalue weighted by atomic mass is 79.9. The molecule has 0 bridgehead atoms. The van der Waals surface area contributed by atoms with E-state index in [1.165, 1.54) is 34.3 Å². The number of methoxy groups -OCH3 is 2. The first-order valence-electron chi connectivity index (χ1n) is 8.48. The fourth-order valence-corrected chi connectivity index (χ4v) is 5.05. The molecule has 0 atom stereocenters. The van der Waals surface area contributed by atoms with Crippen LogP contribution in [0, 0.1) is 0 Å². The van der Waals surface area contributed by atoms with Crippen LogP contribution in [0.1, 0.15) is 18.4 Å². The third-order valence-electron chi connectivity index (χ3n) is 4.55.